The van der Waals surface area contributed by atoms with Crippen LogP contribution in [0.4, 0.5) is 0 Å². The number of fused-ring (bicyclic) bond motifs is 1. The second kappa shape index (κ2) is 6.69. The zero-order chi connectivity index (χ0) is 14.5. The molecule has 3 atom stereocenters. The van der Waals surface area contributed by atoms with Crippen molar-refractivity contribution in [3.8, 4) is 0 Å². The SMILES string of the molecule is O=C(O)CNC(=O)CNC(=O)C1CC2CCCCC2N1. The summed E-state index contributed by atoms with van der Waals surface area (Å²) in [5.74, 6) is -1.20. The van der Waals surface area contributed by atoms with Gasteiger partial charge in [-0.2, -0.15) is 0 Å². The van der Waals surface area contributed by atoms with Crippen molar-refractivity contribution in [2.45, 2.75) is 44.2 Å². The van der Waals surface area contributed by atoms with Crippen molar-refractivity contribution in [3.05, 3.63) is 0 Å². The molecule has 4 N–H and O–H groups in total. The predicted molar refractivity (Wildman–Crippen MR) is 70.9 cm³/mol. The molecule has 3 unspecified atom stereocenters. The maximum absolute atomic E-state index is 12.0. The number of rotatable bonds is 5. The van der Waals surface area contributed by atoms with Gasteiger partial charge in [-0.15, -0.1) is 0 Å². The van der Waals surface area contributed by atoms with Crippen molar-refractivity contribution >= 4 is 17.8 Å². The van der Waals surface area contributed by atoms with E-state index in [-0.39, 0.29) is 18.5 Å². The lowest BCUT2D eigenvalue weighted by atomic mass is 9.85. The van der Waals surface area contributed by atoms with Gasteiger partial charge in [0.2, 0.25) is 11.8 Å². The molecule has 2 aliphatic rings. The maximum Gasteiger partial charge on any atom is 0.322 e. The summed E-state index contributed by atoms with van der Waals surface area (Å²) >= 11 is 0. The molecule has 0 aromatic rings. The van der Waals surface area contributed by atoms with E-state index in [9.17, 15) is 14.4 Å². The van der Waals surface area contributed by atoms with Crippen molar-refractivity contribution in [3.63, 3.8) is 0 Å². The van der Waals surface area contributed by atoms with Crippen LogP contribution in [0.1, 0.15) is 32.1 Å². The highest BCUT2D eigenvalue weighted by atomic mass is 16.4. The van der Waals surface area contributed by atoms with E-state index in [2.05, 4.69) is 16.0 Å². The first-order valence-corrected chi connectivity index (χ1v) is 7.08. The molecule has 0 radical (unpaired) electrons. The number of carbonyl (C=O) groups excluding carboxylic acids is 2. The Balaban J connectivity index is 1.70. The highest BCUT2D eigenvalue weighted by molar-refractivity contribution is 5.88. The van der Waals surface area contributed by atoms with Crippen LogP contribution < -0.4 is 16.0 Å². The third kappa shape index (κ3) is 3.93. The molecule has 1 aliphatic carbocycles. The minimum Gasteiger partial charge on any atom is -0.480 e. The van der Waals surface area contributed by atoms with Gasteiger partial charge in [-0.05, 0) is 25.2 Å². The van der Waals surface area contributed by atoms with E-state index in [4.69, 9.17) is 5.11 Å². The Labute approximate surface area is 117 Å². The standard InChI is InChI=1S/C13H21N3O4/c17-11(14-7-12(18)19)6-15-13(20)10-5-8-3-1-2-4-9(8)16-10/h8-10,16H,1-7H2,(H,14,17)(H,15,20)(H,18,19). The zero-order valence-electron chi connectivity index (χ0n) is 11.4. The highest BCUT2D eigenvalue weighted by Crippen LogP contribution is 2.33. The molecule has 7 nitrogen and oxygen atoms in total. The van der Waals surface area contributed by atoms with Crippen LogP contribution in [0.25, 0.3) is 0 Å². The molecule has 1 aliphatic heterocycles. The van der Waals surface area contributed by atoms with E-state index in [1.807, 2.05) is 0 Å². The van der Waals surface area contributed by atoms with Gasteiger partial charge >= 0.3 is 5.97 Å². The number of carboxylic acid groups (broad SMARTS) is 1. The van der Waals surface area contributed by atoms with E-state index in [1.54, 1.807) is 0 Å². The van der Waals surface area contributed by atoms with Crippen molar-refractivity contribution in [1.29, 1.82) is 0 Å². The van der Waals surface area contributed by atoms with Gasteiger partial charge in [-0.25, -0.2) is 0 Å². The lowest BCUT2D eigenvalue weighted by Crippen LogP contribution is -2.46. The van der Waals surface area contributed by atoms with Crippen molar-refractivity contribution < 1.29 is 19.5 Å². The molecule has 0 bridgehead atoms. The molecular weight excluding hydrogens is 262 g/mol. The summed E-state index contributed by atoms with van der Waals surface area (Å²) in [7, 11) is 0. The van der Waals surface area contributed by atoms with Crippen molar-refractivity contribution in [2.24, 2.45) is 5.92 Å². The minimum absolute atomic E-state index is 0.176. The summed E-state index contributed by atoms with van der Waals surface area (Å²) < 4.78 is 0. The topological polar surface area (TPSA) is 108 Å². The molecule has 2 fully saturated rings. The zero-order valence-corrected chi connectivity index (χ0v) is 11.4. The maximum atomic E-state index is 12.0. The van der Waals surface area contributed by atoms with Gasteiger partial charge in [-0.1, -0.05) is 12.8 Å². The second-order valence-corrected chi connectivity index (χ2v) is 5.49. The number of carbonyl (C=O) groups is 3. The number of amides is 2. The van der Waals surface area contributed by atoms with E-state index in [0.717, 1.165) is 12.8 Å². The molecule has 0 spiro atoms. The largest absolute Gasteiger partial charge is 0.480 e. The Morgan fingerprint density at radius 1 is 1.10 bits per heavy atom. The monoisotopic (exact) mass is 283 g/mol. The third-order valence-electron chi connectivity index (χ3n) is 4.04. The van der Waals surface area contributed by atoms with Gasteiger partial charge in [0.05, 0.1) is 12.6 Å². The second-order valence-electron chi connectivity index (χ2n) is 5.49. The molecule has 1 heterocycles. The number of hydrogen-bond donors (Lipinski definition) is 4. The van der Waals surface area contributed by atoms with Crippen molar-refractivity contribution in [1.82, 2.24) is 16.0 Å². The first-order valence-electron chi connectivity index (χ1n) is 7.08. The fourth-order valence-corrected chi connectivity index (χ4v) is 3.05. The van der Waals surface area contributed by atoms with Crippen molar-refractivity contribution in [2.75, 3.05) is 13.1 Å². The first kappa shape index (κ1) is 14.8. The van der Waals surface area contributed by atoms with Crippen LogP contribution in [-0.4, -0.2) is 48.1 Å². The van der Waals surface area contributed by atoms with Crippen LogP contribution in [0.5, 0.6) is 0 Å². The normalized spacial score (nSPS) is 28.5. The fraction of sp³-hybridized carbons (Fsp3) is 0.769. The summed E-state index contributed by atoms with van der Waals surface area (Å²) in [6.07, 6.45) is 5.55. The quantitative estimate of drug-likeness (QED) is 0.530. The molecule has 2 amide bonds. The Bertz CT molecular complexity index is 385. The van der Waals surface area contributed by atoms with Gasteiger partial charge in [0, 0.05) is 6.04 Å². The molecule has 2 rings (SSSR count). The lowest BCUT2D eigenvalue weighted by Gasteiger charge is -2.24. The Morgan fingerprint density at radius 3 is 2.55 bits per heavy atom. The molecular formula is C13H21N3O4. The average molecular weight is 283 g/mol. The van der Waals surface area contributed by atoms with E-state index in [1.165, 1.54) is 19.3 Å². The molecule has 0 aromatic heterocycles. The number of aliphatic carboxylic acids is 1. The Hall–Kier alpha value is -1.63. The third-order valence-corrected chi connectivity index (χ3v) is 4.04. The molecule has 112 valence electrons. The van der Waals surface area contributed by atoms with Gasteiger partial charge < -0.3 is 21.1 Å². The van der Waals surface area contributed by atoms with E-state index >= 15 is 0 Å². The fourth-order valence-electron chi connectivity index (χ4n) is 3.05. The van der Waals surface area contributed by atoms with Gasteiger partial charge in [-0.3, -0.25) is 14.4 Å². The van der Waals surface area contributed by atoms with E-state index in [0.29, 0.717) is 12.0 Å². The van der Waals surface area contributed by atoms with Crippen LogP contribution >= 0.6 is 0 Å². The van der Waals surface area contributed by atoms with Gasteiger partial charge in [0.15, 0.2) is 0 Å². The Morgan fingerprint density at radius 2 is 1.85 bits per heavy atom. The smallest absolute Gasteiger partial charge is 0.322 e. The number of nitrogens with one attached hydrogen (secondary N) is 3. The molecule has 20 heavy (non-hydrogen) atoms. The highest BCUT2D eigenvalue weighted by Gasteiger charge is 2.38. The summed E-state index contributed by atoms with van der Waals surface area (Å²) in [6.45, 7) is -0.611. The Kier molecular flexibility index (Phi) is 4.94. The average Bonchev–Trinajstić information content (AvgIpc) is 2.86. The van der Waals surface area contributed by atoms with Crippen LogP contribution in [0.2, 0.25) is 0 Å². The summed E-state index contributed by atoms with van der Waals surface area (Å²) in [4.78, 5) is 33.6. The summed E-state index contributed by atoms with van der Waals surface area (Å²) in [5.41, 5.74) is 0. The van der Waals surface area contributed by atoms with Gasteiger partial charge in [0.1, 0.15) is 6.54 Å². The van der Waals surface area contributed by atoms with Crippen LogP contribution in [0.3, 0.4) is 0 Å². The molecule has 1 saturated carbocycles. The van der Waals surface area contributed by atoms with Crippen LogP contribution in [0, 0.1) is 5.92 Å². The molecule has 1 saturated heterocycles. The minimum atomic E-state index is -1.11. The molecule has 7 heteroatoms. The lowest BCUT2D eigenvalue weighted by molar-refractivity contribution is -0.137. The first-order chi connectivity index (χ1) is 9.56. The summed E-state index contributed by atoms with van der Waals surface area (Å²) in [5, 5.41) is 16.5. The van der Waals surface area contributed by atoms with Crippen LogP contribution in [-0.2, 0) is 14.4 Å². The van der Waals surface area contributed by atoms with Gasteiger partial charge in [0.25, 0.3) is 0 Å². The number of hydrogen-bond acceptors (Lipinski definition) is 4. The molecule has 0 aromatic carbocycles. The predicted octanol–water partition coefficient (Wildman–Crippen LogP) is -0.776. The van der Waals surface area contributed by atoms with E-state index < -0.39 is 18.4 Å². The van der Waals surface area contributed by atoms with Crippen LogP contribution in [0.15, 0.2) is 0 Å². The summed E-state index contributed by atoms with van der Waals surface area (Å²) in [6, 6.07) is 0.204. The number of carboxylic acids is 1.